The fourth-order valence-electron chi connectivity index (χ4n) is 3.89. The summed E-state index contributed by atoms with van der Waals surface area (Å²) >= 11 is 0. The average Bonchev–Trinajstić information content (AvgIpc) is 3.11. The number of hydrogen-bond donors (Lipinski definition) is 2. The first-order valence-electron chi connectivity index (χ1n) is 8.36. The second kappa shape index (κ2) is 5.63. The molecule has 1 aromatic heterocycles. The molecule has 0 saturated carbocycles. The predicted molar refractivity (Wildman–Crippen MR) is 92.4 cm³/mol. The molecule has 2 amide bonds. The molecular weight excluding hydrogens is 306 g/mol. The third-order valence-electron chi connectivity index (χ3n) is 5.24. The average molecular weight is 327 g/mol. The molecule has 24 heavy (non-hydrogen) atoms. The molecule has 0 spiro atoms. The van der Waals surface area contributed by atoms with Gasteiger partial charge in [0.05, 0.1) is 0 Å². The summed E-state index contributed by atoms with van der Waals surface area (Å²) in [5.41, 5.74) is 2.69. The molecule has 2 aliphatic heterocycles. The topological polar surface area (TPSA) is 74.6 Å². The molecule has 2 fully saturated rings. The Kier molecular flexibility index (Phi) is 3.57. The number of likely N-dealkylation sites (tertiary alicyclic amines) is 1. The molecule has 0 aliphatic carbocycles. The van der Waals surface area contributed by atoms with Gasteiger partial charge in [0.25, 0.3) is 0 Å². The van der Waals surface area contributed by atoms with E-state index in [2.05, 4.69) is 10.6 Å². The van der Waals surface area contributed by atoms with Crippen molar-refractivity contribution in [2.24, 2.45) is 5.92 Å². The van der Waals surface area contributed by atoms with E-state index in [0.29, 0.717) is 17.5 Å². The Morgan fingerprint density at radius 1 is 1.25 bits per heavy atom. The highest BCUT2D eigenvalue weighted by atomic mass is 16.4. The van der Waals surface area contributed by atoms with Gasteiger partial charge < -0.3 is 20.0 Å². The highest BCUT2D eigenvalue weighted by Gasteiger charge is 2.39. The number of nitrogens with one attached hydrogen (secondary N) is 2. The summed E-state index contributed by atoms with van der Waals surface area (Å²) in [5, 5.41) is 7.24. The van der Waals surface area contributed by atoms with Gasteiger partial charge in [0.2, 0.25) is 0 Å². The van der Waals surface area contributed by atoms with E-state index in [1.54, 1.807) is 0 Å². The minimum Gasteiger partial charge on any atom is -0.423 e. The number of hydrogen-bond acceptors (Lipinski definition) is 4. The molecule has 2 atom stereocenters. The quantitative estimate of drug-likeness (QED) is 0.788. The van der Waals surface area contributed by atoms with Crippen LogP contribution in [-0.4, -0.2) is 36.6 Å². The van der Waals surface area contributed by atoms with Crippen molar-refractivity contribution in [1.29, 1.82) is 0 Å². The molecule has 2 aromatic rings. The fraction of sp³-hybridized carbons (Fsp3) is 0.444. The number of rotatable bonds is 1. The van der Waals surface area contributed by atoms with Crippen LogP contribution in [0, 0.1) is 19.8 Å². The zero-order valence-corrected chi connectivity index (χ0v) is 13.9. The minimum absolute atomic E-state index is 0.0521. The van der Waals surface area contributed by atoms with Crippen molar-refractivity contribution in [3.05, 3.63) is 39.7 Å². The second-order valence-corrected chi connectivity index (χ2v) is 6.81. The summed E-state index contributed by atoms with van der Waals surface area (Å²) in [5.74, 6) is 0.574. The van der Waals surface area contributed by atoms with E-state index in [0.717, 1.165) is 48.3 Å². The van der Waals surface area contributed by atoms with Crippen molar-refractivity contribution >= 4 is 22.7 Å². The van der Waals surface area contributed by atoms with Crippen molar-refractivity contribution in [2.75, 3.05) is 25.0 Å². The number of anilines is 1. The van der Waals surface area contributed by atoms with Crippen molar-refractivity contribution < 1.29 is 9.21 Å². The van der Waals surface area contributed by atoms with Gasteiger partial charge in [0, 0.05) is 42.8 Å². The van der Waals surface area contributed by atoms with Crippen LogP contribution < -0.4 is 16.3 Å². The van der Waals surface area contributed by atoms with Crippen LogP contribution in [0.25, 0.3) is 11.0 Å². The van der Waals surface area contributed by atoms with Crippen LogP contribution in [0.3, 0.4) is 0 Å². The highest BCUT2D eigenvalue weighted by molar-refractivity contribution is 5.94. The number of benzene rings is 1. The van der Waals surface area contributed by atoms with E-state index in [4.69, 9.17) is 4.42 Å². The largest absolute Gasteiger partial charge is 0.423 e. The van der Waals surface area contributed by atoms with Crippen LogP contribution in [0.2, 0.25) is 0 Å². The van der Waals surface area contributed by atoms with Gasteiger partial charge in [-0.05, 0) is 49.4 Å². The lowest BCUT2D eigenvalue weighted by Crippen LogP contribution is -2.41. The summed E-state index contributed by atoms with van der Waals surface area (Å²) in [6.45, 7) is 6.46. The number of aryl methyl sites for hydroxylation is 2. The monoisotopic (exact) mass is 327 g/mol. The van der Waals surface area contributed by atoms with Gasteiger partial charge in [0.15, 0.2) is 0 Å². The summed E-state index contributed by atoms with van der Waals surface area (Å²) in [6.07, 6.45) is 1.06. The first-order chi connectivity index (χ1) is 11.5. The van der Waals surface area contributed by atoms with Crippen molar-refractivity contribution in [3.63, 3.8) is 0 Å². The molecule has 3 heterocycles. The lowest BCUT2D eigenvalue weighted by molar-refractivity contribution is 0.206. The van der Waals surface area contributed by atoms with Gasteiger partial charge in [-0.15, -0.1) is 0 Å². The van der Waals surface area contributed by atoms with E-state index in [1.807, 2.05) is 30.9 Å². The number of amides is 2. The fourth-order valence-corrected chi connectivity index (χ4v) is 3.89. The van der Waals surface area contributed by atoms with Crippen molar-refractivity contribution in [3.8, 4) is 0 Å². The molecule has 0 bridgehead atoms. The Morgan fingerprint density at radius 2 is 2.08 bits per heavy atom. The van der Waals surface area contributed by atoms with Gasteiger partial charge in [-0.1, -0.05) is 0 Å². The standard InChI is InChI=1S/C18H21N3O3/c1-10-6-17(22)24-16-5-11(2)14(7-13(10)16)20-18(23)21-4-3-12-8-19-9-15(12)21/h5-7,12,15,19H,3-4,8-9H2,1-2H3,(H,20,23)/t12-,15+/m1/s1. The normalized spacial score (nSPS) is 22.8. The van der Waals surface area contributed by atoms with Gasteiger partial charge in [-0.2, -0.15) is 0 Å². The van der Waals surface area contributed by atoms with Crippen LogP contribution in [0.15, 0.2) is 27.4 Å². The van der Waals surface area contributed by atoms with Gasteiger partial charge in [-0.25, -0.2) is 9.59 Å². The molecule has 126 valence electrons. The van der Waals surface area contributed by atoms with Gasteiger partial charge in [-0.3, -0.25) is 0 Å². The molecule has 2 aliphatic rings. The van der Waals surface area contributed by atoms with Crippen LogP contribution in [0.4, 0.5) is 10.5 Å². The maximum absolute atomic E-state index is 12.7. The van der Waals surface area contributed by atoms with Crippen molar-refractivity contribution in [2.45, 2.75) is 26.3 Å². The number of carbonyl (C=O) groups is 1. The molecule has 2 saturated heterocycles. The summed E-state index contributed by atoms with van der Waals surface area (Å²) in [6, 6.07) is 5.41. The lowest BCUT2D eigenvalue weighted by Gasteiger charge is -2.24. The van der Waals surface area contributed by atoms with E-state index < -0.39 is 0 Å². The van der Waals surface area contributed by atoms with Gasteiger partial charge >= 0.3 is 11.7 Å². The number of carbonyl (C=O) groups excluding carboxylic acids is 1. The molecule has 6 nitrogen and oxygen atoms in total. The molecule has 6 heteroatoms. The number of urea groups is 1. The van der Waals surface area contributed by atoms with Crippen LogP contribution >= 0.6 is 0 Å². The summed E-state index contributed by atoms with van der Waals surface area (Å²) in [4.78, 5) is 26.1. The Bertz CT molecular complexity index is 874. The number of nitrogens with zero attached hydrogens (tertiary/aromatic N) is 1. The smallest absolute Gasteiger partial charge is 0.336 e. The minimum atomic E-state index is -0.354. The van der Waals surface area contributed by atoms with E-state index in [-0.39, 0.29) is 11.7 Å². The molecule has 1 aromatic carbocycles. The van der Waals surface area contributed by atoms with E-state index in [1.165, 1.54) is 6.07 Å². The molecule has 2 N–H and O–H groups in total. The molecule has 0 radical (unpaired) electrons. The predicted octanol–water partition coefficient (Wildman–Crippen LogP) is 2.24. The van der Waals surface area contributed by atoms with Crippen LogP contribution in [0.1, 0.15) is 17.5 Å². The molecule has 0 unspecified atom stereocenters. The molecule has 4 rings (SSSR count). The zero-order valence-electron chi connectivity index (χ0n) is 13.9. The van der Waals surface area contributed by atoms with Crippen LogP contribution in [-0.2, 0) is 0 Å². The van der Waals surface area contributed by atoms with Crippen LogP contribution in [0.5, 0.6) is 0 Å². The lowest BCUT2D eigenvalue weighted by atomic mass is 10.1. The first kappa shape index (κ1) is 15.2. The maximum Gasteiger partial charge on any atom is 0.336 e. The molecular formula is C18H21N3O3. The SMILES string of the molecule is Cc1cc2oc(=O)cc(C)c2cc1NC(=O)N1CC[C@@H]2CNC[C@@H]21. The highest BCUT2D eigenvalue weighted by Crippen LogP contribution is 2.29. The van der Waals surface area contributed by atoms with Crippen molar-refractivity contribution in [1.82, 2.24) is 10.2 Å². The van der Waals surface area contributed by atoms with Gasteiger partial charge in [0.1, 0.15) is 5.58 Å². The third kappa shape index (κ3) is 2.47. The van der Waals surface area contributed by atoms with E-state index in [9.17, 15) is 9.59 Å². The maximum atomic E-state index is 12.7. The Hall–Kier alpha value is -2.34. The zero-order chi connectivity index (χ0) is 16.8. The van der Waals surface area contributed by atoms with E-state index >= 15 is 0 Å². The Balaban J connectivity index is 1.63. The Labute approximate surface area is 139 Å². The third-order valence-corrected chi connectivity index (χ3v) is 5.24. The number of fused-ring (bicyclic) bond motifs is 2. The summed E-state index contributed by atoms with van der Waals surface area (Å²) < 4.78 is 5.25. The Morgan fingerprint density at radius 3 is 2.92 bits per heavy atom. The second-order valence-electron chi connectivity index (χ2n) is 6.81. The summed E-state index contributed by atoms with van der Waals surface area (Å²) in [7, 11) is 0. The first-order valence-corrected chi connectivity index (χ1v) is 8.36.